The minimum Gasteiger partial charge on any atom is -0.445 e. The number of benzene rings is 3. The predicted molar refractivity (Wildman–Crippen MR) is 416 cm³/mol. The van der Waals surface area contributed by atoms with Gasteiger partial charge in [0.25, 0.3) is 0 Å². The number of allylic oxidation sites excluding steroid dienone is 6. The van der Waals surface area contributed by atoms with Gasteiger partial charge in [-0.25, -0.2) is 9.59 Å². The van der Waals surface area contributed by atoms with Crippen molar-refractivity contribution in [3.05, 3.63) is 131 Å². The molecule has 8 amide bonds. The molecule has 0 aromatic heterocycles. The lowest BCUT2D eigenvalue weighted by Gasteiger charge is -2.57. The number of ketones is 2. The summed E-state index contributed by atoms with van der Waals surface area (Å²) in [6, 6.07) is 20.3. The zero-order valence-electron chi connectivity index (χ0n) is 65.5. The topological polar surface area (TPSA) is 373 Å². The molecule has 3 aromatic carbocycles. The van der Waals surface area contributed by atoms with Crippen LogP contribution in [0.4, 0.5) is 21.0 Å². The molecule has 28 nitrogen and oxygen atoms in total. The maximum atomic E-state index is 13.8. The number of aliphatic hydroxyl groups is 2. The van der Waals surface area contributed by atoms with E-state index in [1.54, 1.807) is 50.3 Å². The standard InChI is InChI=1S/C84H117N9O19/c1-6-14-76(112-61-46-67-66-26-23-57-45-59(94)31-33-84(57,5)77(66)70(96)48-83(67,4)47-61)110-53-60(95)52-109-75-20-11-12-36-92(75)74(100)49-88-82(104)111-51-55-21-24-58(25-22-55)89-79(101)68(18-13-34-87-81(85)103)90-80(102)78(54(2)3)91-72(98)32-37-105-39-41-107-43-44-108-42-40-106-38-35-86-71(97)29-30-73(99)93-50-56-15-7-8-16-62(56)63-27-28-64(63)65-17-9-10-19-69(65)93/h7-10,15-17,19,21-22,24-25,27-28,31,33,45,54,61,63-64,66-68,70,75-79,89,96,101H,6,11-14,18,20,23,26,29-30,32,34-44,46-53H2,1-5H3,(H,86,97)(H,88,104)(H,90,102)(H,91,98)(H3,85,87,103)/t61-,63?,64?,66+,67+,68+,70+,75?,76?,77-,78+,79?,83+,84+/m1/s1. The molecule has 4 fully saturated rings. The molecule has 7 aliphatic rings. The van der Waals surface area contributed by atoms with Crippen LogP contribution < -0.4 is 42.5 Å². The molecule has 28 heteroatoms. The van der Waals surface area contributed by atoms with Crippen LogP contribution in [0.3, 0.4) is 0 Å². The van der Waals surface area contributed by atoms with Crippen LogP contribution in [0.2, 0.25) is 0 Å². The number of primary amides is 1. The molecule has 3 saturated carbocycles. The molecule has 10 rings (SSSR count). The monoisotopic (exact) mass is 1560 g/mol. The molecule has 14 atom stereocenters. The van der Waals surface area contributed by atoms with E-state index in [0.29, 0.717) is 88.9 Å². The highest BCUT2D eigenvalue weighted by Crippen LogP contribution is 2.65. The number of alkyl carbamates (subject to hydrolysis) is 1. The highest BCUT2D eigenvalue weighted by molar-refractivity contribution is 6.01. The molecule has 5 unspecified atom stereocenters. The summed E-state index contributed by atoms with van der Waals surface area (Å²) in [5, 5.41) is 39.7. The number of hydrogen-bond acceptors (Lipinski definition) is 20. The van der Waals surface area contributed by atoms with E-state index in [1.807, 2.05) is 48.2 Å². The summed E-state index contributed by atoms with van der Waals surface area (Å²) in [7, 11) is 0. The third-order valence-electron chi connectivity index (χ3n) is 23.0. The first kappa shape index (κ1) is 86.0. The van der Waals surface area contributed by atoms with Crippen molar-refractivity contribution in [2.24, 2.45) is 40.2 Å². The molecule has 10 N–H and O–H groups in total. The number of amides is 8. The molecular formula is C84H117N9O19. The lowest BCUT2D eigenvalue weighted by Crippen LogP contribution is -2.55. The van der Waals surface area contributed by atoms with Gasteiger partial charge in [0, 0.05) is 73.4 Å². The quantitative estimate of drug-likeness (QED) is 0.0148. The van der Waals surface area contributed by atoms with Crippen molar-refractivity contribution < 1.29 is 91.3 Å². The van der Waals surface area contributed by atoms with Crippen LogP contribution in [-0.2, 0) is 84.6 Å². The molecule has 0 bridgehead atoms. The van der Waals surface area contributed by atoms with Crippen molar-refractivity contribution in [3.63, 3.8) is 0 Å². The average Bonchev–Trinajstić information content (AvgIpc) is 1.41. The fourth-order valence-electron chi connectivity index (χ4n) is 17.2. The lowest BCUT2D eigenvalue weighted by atomic mass is 9.47. The molecule has 2 heterocycles. The maximum absolute atomic E-state index is 13.8. The molecule has 2 aliphatic heterocycles. The summed E-state index contributed by atoms with van der Waals surface area (Å²) >= 11 is 0. The number of rotatable bonds is 43. The van der Waals surface area contributed by atoms with E-state index < -0.39 is 66.8 Å². The molecule has 3 aromatic rings. The first-order valence-electron chi connectivity index (χ1n) is 40.1. The van der Waals surface area contributed by atoms with E-state index >= 15 is 0 Å². The van der Waals surface area contributed by atoms with E-state index in [4.69, 9.17) is 43.6 Å². The molecule has 112 heavy (non-hydrogen) atoms. The number of nitrogens with zero attached hydrogens (tertiary/aromatic N) is 2. The van der Waals surface area contributed by atoms with Crippen LogP contribution in [0.5, 0.6) is 0 Å². The number of carbonyl (C=O) groups excluding carboxylic acids is 9. The number of likely N-dealkylation sites (tertiary alicyclic amines) is 1. The van der Waals surface area contributed by atoms with Gasteiger partial charge in [-0.05, 0) is 146 Å². The normalized spacial score (nSPS) is 24.4. The largest absolute Gasteiger partial charge is 0.445 e. The zero-order chi connectivity index (χ0) is 79.7. The van der Waals surface area contributed by atoms with Crippen molar-refractivity contribution in [2.75, 3.05) is 102 Å². The van der Waals surface area contributed by atoms with Crippen LogP contribution in [-0.4, -0.2) is 204 Å². The van der Waals surface area contributed by atoms with E-state index in [2.05, 4.69) is 76.1 Å². The SMILES string of the molecule is CCCC(OCC(=O)COC1CCCCN1C(=O)CNC(=O)OCc1ccc(NC(O)[C@H](CCCNC(N)=O)NC(=O)[C@@H](NC(=O)CCOCCOCCOCCOCCNC(=O)CCC(=O)N2Cc3ccccc3C3C=CC3c3ccccc32)C(C)C)cc1)O[C@@H]1C[C@H]2[C@@H]3CCC4=CC(=O)C=C[C@]4(C)[C@H]3[C@@H](O)C[C@]2(C)C1. The van der Waals surface area contributed by atoms with Gasteiger partial charge in [-0.3, -0.25) is 33.6 Å². The number of hydrogen-bond donors (Lipinski definition) is 9. The second-order valence-corrected chi connectivity index (χ2v) is 31.3. The van der Waals surface area contributed by atoms with Gasteiger partial charge in [0.15, 0.2) is 17.9 Å². The summed E-state index contributed by atoms with van der Waals surface area (Å²) in [6.07, 6.45) is 13.8. The van der Waals surface area contributed by atoms with Crippen LogP contribution in [0.1, 0.15) is 165 Å². The smallest absolute Gasteiger partial charge is 0.407 e. The minimum absolute atomic E-state index is 0.0110. The van der Waals surface area contributed by atoms with Gasteiger partial charge in [0.2, 0.25) is 29.5 Å². The first-order valence-corrected chi connectivity index (χ1v) is 40.1. The number of fused-ring (bicyclic) bond motifs is 10. The summed E-state index contributed by atoms with van der Waals surface area (Å²) in [6.45, 7) is 12.3. The van der Waals surface area contributed by atoms with Gasteiger partial charge in [-0.1, -0.05) is 119 Å². The fourth-order valence-corrected chi connectivity index (χ4v) is 17.2. The Kier molecular flexibility index (Phi) is 32.3. The van der Waals surface area contributed by atoms with Crippen molar-refractivity contribution in [2.45, 2.75) is 199 Å². The van der Waals surface area contributed by atoms with E-state index in [1.165, 1.54) is 10.5 Å². The average molecular weight is 1560 g/mol. The Morgan fingerprint density at radius 2 is 1.44 bits per heavy atom. The van der Waals surface area contributed by atoms with Gasteiger partial charge >= 0.3 is 12.1 Å². The molecule has 5 aliphatic carbocycles. The van der Waals surface area contributed by atoms with Crippen LogP contribution in [0.25, 0.3) is 0 Å². The number of piperidine rings is 1. The Labute approximate surface area is 657 Å². The van der Waals surface area contributed by atoms with Gasteiger partial charge in [-0.2, -0.15) is 0 Å². The van der Waals surface area contributed by atoms with E-state index in [-0.39, 0.29) is 155 Å². The number of anilines is 2. The lowest BCUT2D eigenvalue weighted by molar-refractivity contribution is -0.182. The Morgan fingerprint density at radius 3 is 2.16 bits per heavy atom. The highest BCUT2D eigenvalue weighted by Gasteiger charge is 2.61. The molecule has 612 valence electrons. The molecular weight excluding hydrogens is 1440 g/mol. The van der Waals surface area contributed by atoms with Crippen molar-refractivity contribution in [3.8, 4) is 0 Å². The van der Waals surface area contributed by atoms with Crippen LogP contribution >= 0.6 is 0 Å². The van der Waals surface area contributed by atoms with E-state index in [0.717, 1.165) is 67.3 Å². The minimum atomic E-state index is -1.35. The molecule has 1 saturated heterocycles. The number of ether oxygens (including phenoxy) is 8. The van der Waals surface area contributed by atoms with Gasteiger partial charge in [0.05, 0.1) is 77.6 Å². The number of Topliss-reactive ketones (excluding diaryl/α,β-unsaturated/α-hetero) is 1. The third-order valence-corrected chi connectivity index (χ3v) is 23.0. The zero-order valence-corrected chi connectivity index (χ0v) is 65.5. The second kappa shape index (κ2) is 42.1. The molecule has 0 spiro atoms. The number of nitrogens with two attached hydrogens (primary N) is 1. The number of carbonyl (C=O) groups is 9. The summed E-state index contributed by atoms with van der Waals surface area (Å²) in [5.41, 5.74) is 11.3. The van der Waals surface area contributed by atoms with Gasteiger partial charge in [-0.15, -0.1) is 0 Å². The Hall–Kier alpha value is -8.45. The maximum Gasteiger partial charge on any atom is 0.407 e. The number of nitrogens with one attached hydrogen (secondary N) is 6. The van der Waals surface area contributed by atoms with E-state index in [9.17, 15) is 53.4 Å². The highest BCUT2D eigenvalue weighted by atomic mass is 16.7. The summed E-state index contributed by atoms with van der Waals surface area (Å²) < 4.78 is 46.7. The third kappa shape index (κ3) is 23.8. The number of para-hydroxylation sites is 1. The Bertz CT molecular complexity index is 3780. The fraction of sp³-hybridized carbons (Fsp3) is 0.607. The van der Waals surface area contributed by atoms with Crippen molar-refractivity contribution in [1.82, 2.24) is 31.5 Å². The first-order chi connectivity index (χ1) is 54.0. The Morgan fingerprint density at radius 1 is 0.732 bits per heavy atom. The van der Waals surface area contributed by atoms with Crippen molar-refractivity contribution in [1.29, 1.82) is 0 Å². The second-order valence-electron chi connectivity index (χ2n) is 31.3. The van der Waals surface area contributed by atoms with Gasteiger partial charge in [0.1, 0.15) is 44.9 Å². The van der Waals surface area contributed by atoms with Crippen molar-refractivity contribution >= 4 is 64.6 Å². The van der Waals surface area contributed by atoms with Crippen LogP contribution in [0, 0.1) is 34.5 Å². The number of aliphatic hydroxyl groups excluding tert-OH is 2. The molecule has 0 radical (unpaired) electrons. The van der Waals surface area contributed by atoms with Gasteiger partial charge < -0.3 is 95.5 Å². The van der Waals surface area contributed by atoms with Crippen LogP contribution in [0.15, 0.2) is 109 Å². The number of urea groups is 1. The predicted octanol–water partition coefficient (Wildman–Crippen LogP) is 7.79. The Balaban J connectivity index is 0.559. The summed E-state index contributed by atoms with van der Waals surface area (Å²) in [5.74, 6) is -1.23. The summed E-state index contributed by atoms with van der Waals surface area (Å²) in [4.78, 5) is 120.